The molecule has 0 bridgehead atoms. The zero-order chi connectivity index (χ0) is 87.4. The molecular formula is C91H166N12O6S. The predicted molar refractivity (Wildman–Crippen MR) is 464 cm³/mol. The van der Waals surface area contributed by atoms with E-state index < -0.39 is 0 Å². The van der Waals surface area contributed by atoms with Crippen LogP contribution in [0.4, 0.5) is 0 Å². The number of oxazole rings is 1. The van der Waals surface area contributed by atoms with E-state index in [0.717, 1.165) is 46.2 Å². The van der Waals surface area contributed by atoms with Gasteiger partial charge in [0.25, 0.3) is 0 Å². The fourth-order valence-corrected chi connectivity index (χ4v) is 13.0. The third-order valence-electron chi connectivity index (χ3n) is 17.5. The number of rotatable bonds is 0. The standard InChI is InChI=1S/C12H23NO.C12H21NO.C12H23NO.C12H21NO.C12H21NS.C11H21N3.2C10H18N2O/c1-8-9(11(2,3)4)13-10(14-8)12(5,6)7;1-8-9(11(2,3)4)14-10(13-8)12(5,6)7;2*1-8-9(11(2,3)4)13-14-10(8)12(5,6)7;1-8-9(11(2,3)4)14-10(13-8)12(5,6)7;1-8-9(10(2,3)4)12-13-14(8)11(5,6)7;1-9(2,3)7-11-12-8(13-7)10(4,5)6;1-9(2,3)7-11-8(13-12-7)10(4,5)6/h8-9H,1-7H3;1-7H3;8,10H,1-7H3;3*1-7H3;2*1-6H3. The van der Waals surface area contributed by atoms with Crippen molar-refractivity contribution < 1.29 is 27.5 Å². The number of hydrogen-bond donors (Lipinski definition) is 0. The third kappa shape index (κ3) is 31.3. The minimum Gasteiger partial charge on any atom is -0.475 e. The maximum atomic E-state index is 5.83. The Hall–Kier alpha value is -5.59. The highest BCUT2D eigenvalue weighted by atomic mass is 32.1. The summed E-state index contributed by atoms with van der Waals surface area (Å²) in [6.45, 7) is 116. The van der Waals surface area contributed by atoms with Crippen molar-refractivity contribution >= 4 is 22.9 Å². The Balaban J connectivity index is 0.000000629. The Morgan fingerprint density at radius 1 is 0.373 bits per heavy atom. The van der Waals surface area contributed by atoms with E-state index in [1.165, 1.54) is 32.5 Å². The smallest absolute Gasteiger partial charge is 0.232 e. The summed E-state index contributed by atoms with van der Waals surface area (Å²) < 4.78 is 29.9. The maximum Gasteiger partial charge on any atom is 0.232 e. The van der Waals surface area contributed by atoms with Crippen molar-refractivity contribution in [1.82, 2.24) is 50.5 Å². The van der Waals surface area contributed by atoms with Crippen molar-refractivity contribution in [3.8, 4) is 0 Å². The number of nitrogens with zero attached hydrogens (tertiary/aromatic N) is 12. The maximum absolute atomic E-state index is 5.83. The van der Waals surface area contributed by atoms with Crippen LogP contribution in [0.5, 0.6) is 0 Å². The number of oxime groups is 1. The van der Waals surface area contributed by atoms with E-state index in [0.29, 0.717) is 23.6 Å². The van der Waals surface area contributed by atoms with Gasteiger partial charge in [-0.15, -0.1) is 26.6 Å². The van der Waals surface area contributed by atoms with Crippen LogP contribution in [-0.4, -0.2) is 80.3 Å². The zero-order valence-electron chi connectivity index (χ0n) is 81.0. The van der Waals surface area contributed by atoms with E-state index in [9.17, 15) is 0 Å². The number of hydrogen-bond acceptors (Lipinski definition) is 18. The molecule has 19 heteroatoms. The molecule has 0 saturated carbocycles. The van der Waals surface area contributed by atoms with Crippen molar-refractivity contribution in [3.05, 3.63) is 84.8 Å². The molecule has 8 heterocycles. The quantitative estimate of drug-likeness (QED) is 0.138. The first-order valence-corrected chi connectivity index (χ1v) is 41.1. The molecule has 0 spiro atoms. The van der Waals surface area contributed by atoms with Crippen LogP contribution < -0.4 is 0 Å². The highest BCUT2D eigenvalue weighted by Gasteiger charge is 2.44. The van der Waals surface area contributed by atoms with Gasteiger partial charge in [-0.2, -0.15) is 4.98 Å². The number of aryl methyl sites for hydroxylation is 2. The van der Waals surface area contributed by atoms with Crippen molar-refractivity contribution in [1.29, 1.82) is 0 Å². The first-order valence-electron chi connectivity index (χ1n) is 40.3. The van der Waals surface area contributed by atoms with Crippen molar-refractivity contribution in [2.24, 2.45) is 37.7 Å². The fraction of sp³-hybridized carbons (Fsp3) is 0.813. The van der Waals surface area contributed by atoms with E-state index in [1.807, 2.05) is 22.9 Å². The SMILES string of the molecule is CC(C)(C)c1nnc(C(C)(C)C)o1.CC(C)(C)c1noc(C(C)(C)C)n1.CC1C(C(C)(C)C)=NOC1C(C)(C)C.CC1OC(C(C)(C)C)=NC1C(C)(C)C.Cc1c(C(C)(C)C)nnn1C(C)(C)C.Cc1c(C(C)(C)C)noc1C(C)(C)C.Cc1nc(C(C)(C)C)oc1C(C)(C)C.Cc1nc(C(C)(C)C)sc1C(C)(C)C. The Morgan fingerprint density at radius 2 is 0.818 bits per heavy atom. The third-order valence-corrected chi connectivity index (χ3v) is 19.5. The second kappa shape index (κ2) is 35.7. The molecule has 6 aromatic rings. The largest absolute Gasteiger partial charge is 0.475 e. The van der Waals surface area contributed by atoms with E-state index in [1.54, 1.807) is 0 Å². The average molecular weight is 1560 g/mol. The van der Waals surface area contributed by atoms with Gasteiger partial charge in [-0.05, 0) is 66.2 Å². The number of ether oxygens (including phenoxy) is 1. The van der Waals surface area contributed by atoms with Gasteiger partial charge in [0.2, 0.25) is 17.7 Å². The van der Waals surface area contributed by atoms with Crippen molar-refractivity contribution in [3.63, 3.8) is 0 Å². The highest BCUT2D eigenvalue weighted by Crippen LogP contribution is 2.41. The van der Waals surface area contributed by atoms with Crippen LogP contribution >= 0.6 is 11.3 Å². The number of thiazole rings is 1. The molecule has 6 aromatic heterocycles. The monoisotopic (exact) mass is 1560 g/mol. The van der Waals surface area contributed by atoms with Gasteiger partial charge in [0, 0.05) is 86.8 Å². The fourth-order valence-electron chi connectivity index (χ4n) is 11.8. The Bertz CT molecular complexity index is 3520. The molecule has 2 aliphatic rings. The lowest BCUT2D eigenvalue weighted by molar-refractivity contribution is -0.0112. The molecule has 2 aliphatic heterocycles. The van der Waals surface area contributed by atoms with Crippen LogP contribution in [0, 0.1) is 55.3 Å². The number of aromatic nitrogens is 10. The Kier molecular flexibility index (Phi) is 33.2. The molecule has 0 amide bonds. The summed E-state index contributed by atoms with van der Waals surface area (Å²) in [6, 6.07) is 0.289. The van der Waals surface area contributed by atoms with E-state index >= 15 is 0 Å². The van der Waals surface area contributed by atoms with Crippen molar-refractivity contribution in [2.45, 2.75) is 457 Å². The van der Waals surface area contributed by atoms with Crippen LogP contribution in [0.15, 0.2) is 28.0 Å². The van der Waals surface area contributed by atoms with Crippen LogP contribution in [0.3, 0.4) is 0 Å². The van der Waals surface area contributed by atoms with Gasteiger partial charge in [0.1, 0.15) is 23.7 Å². The van der Waals surface area contributed by atoms with Crippen LogP contribution in [-0.2, 0) is 74.7 Å². The van der Waals surface area contributed by atoms with Gasteiger partial charge in [-0.1, -0.05) is 339 Å². The minimum atomic E-state index is -0.0590. The Labute approximate surface area is 676 Å². The Morgan fingerprint density at radius 3 is 1.03 bits per heavy atom. The topological polar surface area (TPSA) is 217 Å². The second-order valence-electron chi connectivity index (χ2n) is 47.3. The molecule has 0 radical (unpaired) electrons. The summed E-state index contributed by atoms with van der Waals surface area (Å²) in [7, 11) is 0. The summed E-state index contributed by atoms with van der Waals surface area (Å²) >= 11 is 1.86. The molecule has 0 fully saturated rings. The molecule has 4 atom stereocenters. The predicted octanol–water partition coefficient (Wildman–Crippen LogP) is 25.9. The molecule has 632 valence electrons. The van der Waals surface area contributed by atoms with Gasteiger partial charge in [0.05, 0.1) is 50.8 Å². The van der Waals surface area contributed by atoms with Crippen LogP contribution in [0.1, 0.15) is 431 Å². The van der Waals surface area contributed by atoms with Crippen LogP contribution in [0.25, 0.3) is 0 Å². The van der Waals surface area contributed by atoms with Crippen LogP contribution in [0.2, 0.25) is 0 Å². The summed E-state index contributed by atoms with van der Waals surface area (Å²) in [5, 5.41) is 30.2. The lowest BCUT2D eigenvalue weighted by atomic mass is 9.74. The van der Waals surface area contributed by atoms with E-state index in [2.05, 4.69) is 418 Å². The minimum absolute atomic E-state index is 0.00569. The summed E-state index contributed by atoms with van der Waals surface area (Å²) in [6.07, 6.45) is 0.431. The van der Waals surface area contributed by atoms with Gasteiger partial charge in [-0.3, -0.25) is 0 Å². The normalized spacial score (nSPS) is 17.3. The molecule has 8 rings (SSSR count). The summed E-state index contributed by atoms with van der Waals surface area (Å²) in [5.41, 5.74) is 8.88. The molecule has 18 nitrogen and oxygen atoms in total. The average Bonchev–Trinajstić information content (AvgIpc) is 2.54. The molecule has 4 unspecified atom stereocenters. The molecule has 110 heavy (non-hydrogen) atoms. The van der Waals surface area contributed by atoms with Gasteiger partial charge in [-0.25, -0.2) is 19.6 Å². The molecule has 0 N–H and O–H groups in total. The lowest BCUT2D eigenvalue weighted by Gasteiger charge is -2.30. The molecule has 0 aromatic carbocycles. The molecule has 0 saturated heterocycles. The summed E-state index contributed by atoms with van der Waals surface area (Å²) in [5.74, 6) is 7.06. The summed E-state index contributed by atoms with van der Waals surface area (Å²) in [4.78, 5) is 25.2. The second-order valence-corrected chi connectivity index (χ2v) is 48.3. The first kappa shape index (κ1) is 102. The van der Waals surface area contributed by atoms with E-state index in [-0.39, 0.29) is 105 Å². The highest BCUT2D eigenvalue weighted by molar-refractivity contribution is 7.12. The van der Waals surface area contributed by atoms with Gasteiger partial charge in [0.15, 0.2) is 17.6 Å². The number of aliphatic imine (C=N–C) groups is 1. The van der Waals surface area contributed by atoms with Gasteiger partial charge < -0.3 is 27.5 Å². The van der Waals surface area contributed by atoms with E-state index in [4.69, 9.17) is 32.4 Å². The first-order chi connectivity index (χ1) is 48.2. The molecular weight excluding hydrogens is 1390 g/mol. The molecule has 0 aliphatic carbocycles. The van der Waals surface area contributed by atoms with Gasteiger partial charge >= 0.3 is 0 Å². The lowest BCUT2D eigenvalue weighted by Crippen LogP contribution is -2.36. The van der Waals surface area contributed by atoms with Crippen molar-refractivity contribution in [2.75, 3.05) is 0 Å². The zero-order valence-corrected chi connectivity index (χ0v) is 81.9.